The van der Waals surface area contributed by atoms with Crippen molar-refractivity contribution in [3.63, 3.8) is 0 Å². The predicted molar refractivity (Wildman–Crippen MR) is 121 cm³/mol. The van der Waals surface area contributed by atoms with E-state index in [9.17, 15) is 14.3 Å². The lowest BCUT2D eigenvalue weighted by molar-refractivity contribution is 0.0977. The molecule has 0 aliphatic carbocycles. The number of aromatic nitrogens is 1. The van der Waals surface area contributed by atoms with Gasteiger partial charge in [0.2, 0.25) is 5.89 Å². The largest absolute Gasteiger partial charge is 0.507 e. The number of amides is 1. The van der Waals surface area contributed by atoms with Gasteiger partial charge < -0.3 is 14.8 Å². The van der Waals surface area contributed by atoms with E-state index >= 15 is 0 Å². The van der Waals surface area contributed by atoms with Crippen LogP contribution < -0.4 is 10.6 Å². The number of nitrogens with zero attached hydrogens (tertiary/aromatic N) is 1. The van der Waals surface area contributed by atoms with Gasteiger partial charge in [-0.1, -0.05) is 13.0 Å². The van der Waals surface area contributed by atoms with Crippen molar-refractivity contribution in [2.75, 3.05) is 5.32 Å². The molecule has 0 saturated heterocycles. The second kappa shape index (κ2) is 8.53. The smallest absolute Gasteiger partial charge is 0.257 e. The van der Waals surface area contributed by atoms with Gasteiger partial charge in [-0.3, -0.25) is 10.1 Å². The molecule has 156 valence electrons. The van der Waals surface area contributed by atoms with E-state index in [1.54, 1.807) is 12.1 Å². The van der Waals surface area contributed by atoms with Crippen molar-refractivity contribution in [3.8, 4) is 17.2 Å². The van der Waals surface area contributed by atoms with E-state index in [-0.39, 0.29) is 16.4 Å². The van der Waals surface area contributed by atoms with E-state index in [0.717, 1.165) is 17.5 Å². The van der Waals surface area contributed by atoms with Crippen LogP contribution in [0.5, 0.6) is 5.75 Å². The van der Waals surface area contributed by atoms with Crippen LogP contribution >= 0.6 is 12.2 Å². The fourth-order valence-electron chi connectivity index (χ4n) is 3.04. The Morgan fingerprint density at radius 2 is 1.90 bits per heavy atom. The first-order valence-electron chi connectivity index (χ1n) is 9.53. The van der Waals surface area contributed by atoms with Crippen LogP contribution in [0.25, 0.3) is 22.6 Å². The van der Waals surface area contributed by atoms with Crippen LogP contribution in [0.2, 0.25) is 0 Å². The van der Waals surface area contributed by atoms with E-state index < -0.39 is 11.7 Å². The van der Waals surface area contributed by atoms with Crippen molar-refractivity contribution < 1.29 is 18.7 Å². The van der Waals surface area contributed by atoms with Gasteiger partial charge in [0.15, 0.2) is 10.7 Å². The highest BCUT2D eigenvalue weighted by Crippen LogP contribution is 2.33. The second-order valence-electron chi connectivity index (χ2n) is 6.82. The number of thiocarbonyl (C=S) groups is 1. The summed E-state index contributed by atoms with van der Waals surface area (Å²) >= 11 is 5.15. The molecule has 0 unspecified atom stereocenters. The molecule has 0 fully saturated rings. The van der Waals surface area contributed by atoms with Crippen LogP contribution in [0.15, 0.2) is 65.1 Å². The lowest BCUT2D eigenvalue weighted by atomic mass is 10.1. The van der Waals surface area contributed by atoms with Crippen molar-refractivity contribution in [3.05, 3.63) is 77.6 Å². The predicted octanol–water partition coefficient (Wildman–Crippen LogP) is 5.03. The molecule has 3 aromatic carbocycles. The van der Waals surface area contributed by atoms with Gasteiger partial charge >= 0.3 is 0 Å². The maximum atomic E-state index is 13.0. The summed E-state index contributed by atoms with van der Waals surface area (Å²) < 4.78 is 18.7. The molecule has 3 N–H and O–H groups in total. The summed E-state index contributed by atoms with van der Waals surface area (Å²) in [5, 5.41) is 15.8. The number of rotatable bonds is 4. The molecule has 1 aromatic heterocycles. The zero-order valence-electron chi connectivity index (χ0n) is 16.5. The molecule has 6 nitrogen and oxygen atoms in total. The number of benzene rings is 3. The Hall–Kier alpha value is -3.78. The topological polar surface area (TPSA) is 87.4 Å². The Morgan fingerprint density at radius 1 is 1.13 bits per heavy atom. The molecule has 1 heterocycles. The summed E-state index contributed by atoms with van der Waals surface area (Å²) in [6.45, 7) is 2.06. The quantitative estimate of drug-likeness (QED) is 0.390. The lowest BCUT2D eigenvalue weighted by Crippen LogP contribution is -2.34. The zero-order chi connectivity index (χ0) is 22.0. The van der Waals surface area contributed by atoms with Crippen LogP contribution in [-0.4, -0.2) is 21.1 Å². The molecular formula is C23H18FN3O3S. The Labute approximate surface area is 182 Å². The molecule has 0 bridgehead atoms. The van der Waals surface area contributed by atoms with Crippen molar-refractivity contribution in [2.24, 2.45) is 0 Å². The summed E-state index contributed by atoms with van der Waals surface area (Å²) in [5.74, 6) is -0.659. The maximum absolute atomic E-state index is 13.0. The van der Waals surface area contributed by atoms with Gasteiger partial charge in [-0.25, -0.2) is 9.37 Å². The Kier molecular flexibility index (Phi) is 5.64. The van der Waals surface area contributed by atoms with Gasteiger partial charge in [-0.2, -0.15) is 0 Å². The SMILES string of the molecule is CCc1ccc2oc(-c3ccc(NC(=S)NC(=O)c4ccc(F)cc4)cc3O)nc2c1. The summed E-state index contributed by atoms with van der Waals surface area (Å²) in [7, 11) is 0. The fraction of sp³-hybridized carbons (Fsp3) is 0.0870. The highest BCUT2D eigenvalue weighted by molar-refractivity contribution is 7.80. The molecule has 8 heteroatoms. The minimum atomic E-state index is -0.476. The third-order valence-electron chi connectivity index (χ3n) is 4.68. The number of halogens is 1. The van der Waals surface area contributed by atoms with E-state index in [1.165, 1.54) is 30.3 Å². The summed E-state index contributed by atoms with van der Waals surface area (Å²) in [6, 6.07) is 15.7. The molecule has 0 saturated carbocycles. The number of phenols is 1. The van der Waals surface area contributed by atoms with Gasteiger partial charge in [0, 0.05) is 17.3 Å². The highest BCUT2D eigenvalue weighted by Gasteiger charge is 2.14. The van der Waals surface area contributed by atoms with E-state index in [4.69, 9.17) is 16.6 Å². The third-order valence-corrected chi connectivity index (χ3v) is 4.88. The van der Waals surface area contributed by atoms with Crippen molar-refractivity contribution in [1.29, 1.82) is 0 Å². The van der Waals surface area contributed by atoms with Crippen LogP contribution in [-0.2, 0) is 6.42 Å². The van der Waals surface area contributed by atoms with Gasteiger partial charge in [0.05, 0.1) is 5.56 Å². The number of aryl methyl sites for hydroxylation is 1. The second-order valence-corrected chi connectivity index (χ2v) is 7.23. The first-order chi connectivity index (χ1) is 14.9. The molecule has 0 aliphatic rings. The minimum Gasteiger partial charge on any atom is -0.507 e. The van der Waals surface area contributed by atoms with Crippen LogP contribution in [0.1, 0.15) is 22.8 Å². The number of hydrogen-bond acceptors (Lipinski definition) is 5. The number of fused-ring (bicyclic) bond motifs is 1. The Bertz CT molecular complexity index is 1290. The average molecular weight is 435 g/mol. The number of phenolic OH excluding ortho intramolecular Hbond substituents is 1. The zero-order valence-corrected chi connectivity index (χ0v) is 17.3. The van der Waals surface area contributed by atoms with E-state index in [0.29, 0.717) is 22.7 Å². The minimum absolute atomic E-state index is 0.0374. The Morgan fingerprint density at radius 3 is 2.61 bits per heavy atom. The number of hydrogen-bond donors (Lipinski definition) is 3. The number of anilines is 1. The molecular weight excluding hydrogens is 417 g/mol. The molecule has 4 rings (SSSR count). The summed E-state index contributed by atoms with van der Waals surface area (Å²) in [5.41, 5.74) is 3.67. The Balaban J connectivity index is 1.47. The van der Waals surface area contributed by atoms with Crippen LogP contribution in [0, 0.1) is 5.82 Å². The summed E-state index contributed by atoms with van der Waals surface area (Å²) in [6.07, 6.45) is 0.890. The lowest BCUT2D eigenvalue weighted by Gasteiger charge is -2.10. The molecule has 4 aromatic rings. The molecule has 0 radical (unpaired) electrons. The number of carbonyl (C=O) groups is 1. The van der Waals surface area contributed by atoms with E-state index in [1.807, 2.05) is 18.2 Å². The van der Waals surface area contributed by atoms with Crippen LogP contribution in [0.4, 0.5) is 10.1 Å². The number of carbonyl (C=O) groups excluding carboxylic acids is 1. The molecule has 31 heavy (non-hydrogen) atoms. The standard InChI is InChI=1S/C23H18FN3O3S/c1-2-13-3-10-20-18(11-13)26-22(30-20)17-9-8-16(12-19(17)28)25-23(31)27-21(29)14-4-6-15(24)7-5-14/h3-12,28H,2H2,1H3,(H2,25,27,29,31). The normalized spacial score (nSPS) is 10.8. The molecule has 1 amide bonds. The van der Waals surface area contributed by atoms with Crippen molar-refractivity contribution >= 4 is 40.0 Å². The highest BCUT2D eigenvalue weighted by atomic mass is 32.1. The first-order valence-corrected chi connectivity index (χ1v) is 9.94. The first kappa shape index (κ1) is 20.5. The number of aromatic hydroxyl groups is 1. The number of nitrogens with one attached hydrogen (secondary N) is 2. The monoisotopic (exact) mass is 435 g/mol. The molecule has 0 spiro atoms. The van der Waals surface area contributed by atoms with Gasteiger partial charge in [0.25, 0.3) is 5.91 Å². The molecule has 0 atom stereocenters. The average Bonchev–Trinajstić information content (AvgIpc) is 3.17. The maximum Gasteiger partial charge on any atom is 0.257 e. The summed E-state index contributed by atoms with van der Waals surface area (Å²) in [4.78, 5) is 16.6. The van der Waals surface area contributed by atoms with Crippen LogP contribution in [0.3, 0.4) is 0 Å². The fourth-order valence-corrected chi connectivity index (χ4v) is 3.25. The van der Waals surface area contributed by atoms with E-state index in [2.05, 4.69) is 22.5 Å². The van der Waals surface area contributed by atoms with Gasteiger partial charge in [-0.05, 0) is 72.7 Å². The third kappa shape index (κ3) is 4.54. The number of oxazole rings is 1. The van der Waals surface area contributed by atoms with Gasteiger partial charge in [0.1, 0.15) is 17.1 Å². The van der Waals surface area contributed by atoms with Crippen molar-refractivity contribution in [2.45, 2.75) is 13.3 Å². The van der Waals surface area contributed by atoms with Crippen molar-refractivity contribution in [1.82, 2.24) is 10.3 Å². The molecule has 0 aliphatic heterocycles. The van der Waals surface area contributed by atoms with Gasteiger partial charge in [-0.15, -0.1) is 0 Å².